The Morgan fingerprint density at radius 3 is 2.71 bits per heavy atom. The van der Waals surface area contributed by atoms with E-state index in [1.807, 2.05) is 36.5 Å². The molecule has 0 unspecified atom stereocenters. The van der Waals surface area contributed by atoms with Crippen molar-refractivity contribution in [1.82, 2.24) is 24.4 Å². The van der Waals surface area contributed by atoms with E-state index < -0.39 is 0 Å². The van der Waals surface area contributed by atoms with Crippen molar-refractivity contribution < 1.29 is 4.74 Å². The first-order valence-electron chi connectivity index (χ1n) is 8.99. The van der Waals surface area contributed by atoms with Gasteiger partial charge in [-0.05, 0) is 36.8 Å². The fourth-order valence-electron chi connectivity index (χ4n) is 2.81. The van der Waals surface area contributed by atoms with Gasteiger partial charge in [-0.3, -0.25) is 4.79 Å². The van der Waals surface area contributed by atoms with Gasteiger partial charge in [0.05, 0.1) is 25.0 Å². The lowest BCUT2D eigenvalue weighted by molar-refractivity contribution is 0.414. The first-order chi connectivity index (χ1) is 13.7. The average molecular weight is 396 g/mol. The third-order valence-corrected chi connectivity index (χ3v) is 5.07. The number of methoxy groups -OCH3 is 1. The van der Waals surface area contributed by atoms with E-state index in [0.29, 0.717) is 16.6 Å². The summed E-state index contributed by atoms with van der Waals surface area (Å²) in [4.78, 5) is 17.3. The highest BCUT2D eigenvalue weighted by atomic mass is 32.1. The number of rotatable bonds is 7. The molecule has 0 fully saturated rings. The van der Waals surface area contributed by atoms with Gasteiger partial charge >= 0.3 is 0 Å². The van der Waals surface area contributed by atoms with Crippen LogP contribution in [0, 0.1) is 0 Å². The molecule has 8 nitrogen and oxygen atoms in total. The van der Waals surface area contributed by atoms with Crippen LogP contribution in [-0.2, 0) is 13.0 Å². The molecule has 3 aromatic heterocycles. The van der Waals surface area contributed by atoms with Crippen LogP contribution >= 0.6 is 11.3 Å². The number of aromatic nitrogens is 5. The number of hydrogen-bond donors (Lipinski definition) is 1. The summed E-state index contributed by atoms with van der Waals surface area (Å²) < 4.78 is 8.32. The third-order valence-electron chi connectivity index (χ3n) is 4.21. The molecule has 9 heteroatoms. The molecule has 144 valence electrons. The number of aryl methyl sites for hydroxylation is 1. The molecular formula is C19H20N6O2S. The molecule has 28 heavy (non-hydrogen) atoms. The molecule has 1 N–H and O–H groups in total. The highest BCUT2D eigenvalue weighted by molar-refractivity contribution is 7.20. The normalized spacial score (nSPS) is 11.1. The standard InChI is InChI=1S/C19H20N6O2S/c1-3-4-13-11-17(26)25-19(21-13)28-18(23-25)20-12-14-9-10-24(22-14)15-5-7-16(27-2)8-6-15/h5-11H,3-4,12H2,1-2H3,(H,20,23). The second kappa shape index (κ2) is 7.81. The van der Waals surface area contributed by atoms with Gasteiger partial charge in [0, 0.05) is 18.0 Å². The molecular weight excluding hydrogens is 376 g/mol. The summed E-state index contributed by atoms with van der Waals surface area (Å²) >= 11 is 1.36. The first-order valence-corrected chi connectivity index (χ1v) is 9.80. The Morgan fingerprint density at radius 1 is 1.14 bits per heavy atom. The van der Waals surface area contributed by atoms with Gasteiger partial charge in [-0.15, -0.1) is 5.10 Å². The summed E-state index contributed by atoms with van der Waals surface area (Å²) in [6.07, 6.45) is 3.64. The van der Waals surface area contributed by atoms with Crippen molar-refractivity contribution >= 4 is 21.4 Å². The van der Waals surface area contributed by atoms with Gasteiger partial charge < -0.3 is 10.1 Å². The number of nitrogens with one attached hydrogen (secondary N) is 1. The van der Waals surface area contributed by atoms with Crippen LogP contribution in [0.5, 0.6) is 5.75 Å². The van der Waals surface area contributed by atoms with Gasteiger partial charge in [0.1, 0.15) is 5.75 Å². The summed E-state index contributed by atoms with van der Waals surface area (Å²) in [5.74, 6) is 0.805. The fourth-order valence-corrected chi connectivity index (χ4v) is 3.63. The summed E-state index contributed by atoms with van der Waals surface area (Å²) in [5.41, 5.74) is 2.47. The molecule has 0 aliphatic rings. The minimum absolute atomic E-state index is 0.151. The molecule has 1 aromatic carbocycles. The number of fused-ring (bicyclic) bond motifs is 1. The largest absolute Gasteiger partial charge is 0.497 e. The second-order valence-electron chi connectivity index (χ2n) is 6.24. The van der Waals surface area contributed by atoms with Gasteiger partial charge in [0.2, 0.25) is 10.1 Å². The zero-order valence-electron chi connectivity index (χ0n) is 15.6. The van der Waals surface area contributed by atoms with Crippen LogP contribution in [-0.4, -0.2) is 31.5 Å². The Kier molecular flexibility index (Phi) is 5.07. The summed E-state index contributed by atoms with van der Waals surface area (Å²) in [6.45, 7) is 2.56. The number of hydrogen-bond acceptors (Lipinski definition) is 7. The molecule has 0 saturated carbocycles. The minimum Gasteiger partial charge on any atom is -0.497 e. The van der Waals surface area contributed by atoms with Gasteiger partial charge in [-0.25, -0.2) is 9.67 Å². The Hall–Kier alpha value is -3.20. The maximum atomic E-state index is 12.2. The number of anilines is 1. The predicted molar refractivity (Wildman–Crippen MR) is 109 cm³/mol. The Labute approximate surface area is 165 Å². The highest BCUT2D eigenvalue weighted by Gasteiger charge is 2.09. The summed E-state index contributed by atoms with van der Waals surface area (Å²) in [7, 11) is 1.64. The molecule has 0 amide bonds. The van der Waals surface area contributed by atoms with Crippen molar-refractivity contribution in [2.24, 2.45) is 0 Å². The average Bonchev–Trinajstić information content (AvgIpc) is 3.34. The molecule has 0 bridgehead atoms. The van der Waals surface area contributed by atoms with Crippen molar-refractivity contribution in [2.45, 2.75) is 26.3 Å². The van der Waals surface area contributed by atoms with E-state index in [-0.39, 0.29) is 5.56 Å². The molecule has 0 radical (unpaired) electrons. The molecule has 4 rings (SSSR count). The van der Waals surface area contributed by atoms with Crippen LogP contribution in [0.4, 0.5) is 5.13 Å². The van der Waals surface area contributed by atoms with Crippen molar-refractivity contribution in [1.29, 1.82) is 0 Å². The smallest absolute Gasteiger partial charge is 0.275 e. The molecule has 0 spiro atoms. The molecule has 0 aliphatic heterocycles. The lowest BCUT2D eigenvalue weighted by Gasteiger charge is -2.03. The van der Waals surface area contributed by atoms with E-state index >= 15 is 0 Å². The Bertz CT molecular complexity index is 1150. The molecule has 4 aromatic rings. The quantitative estimate of drug-likeness (QED) is 0.517. The van der Waals surface area contributed by atoms with Crippen LogP contribution in [0.2, 0.25) is 0 Å². The number of benzene rings is 1. The minimum atomic E-state index is -0.151. The van der Waals surface area contributed by atoms with Crippen LogP contribution in [0.15, 0.2) is 47.4 Å². The lowest BCUT2D eigenvalue weighted by Crippen LogP contribution is -2.15. The van der Waals surface area contributed by atoms with Crippen molar-refractivity contribution in [3.05, 3.63) is 64.3 Å². The second-order valence-corrected chi connectivity index (χ2v) is 7.20. The van der Waals surface area contributed by atoms with E-state index in [0.717, 1.165) is 35.7 Å². The van der Waals surface area contributed by atoms with Crippen molar-refractivity contribution in [3.8, 4) is 11.4 Å². The lowest BCUT2D eigenvalue weighted by atomic mass is 10.2. The zero-order valence-corrected chi connectivity index (χ0v) is 16.4. The van der Waals surface area contributed by atoms with E-state index in [9.17, 15) is 4.79 Å². The number of ether oxygens (including phenoxy) is 1. The van der Waals surface area contributed by atoms with E-state index in [1.54, 1.807) is 17.9 Å². The molecule has 0 saturated heterocycles. The predicted octanol–water partition coefficient (Wildman–Crippen LogP) is 2.91. The van der Waals surface area contributed by atoms with Crippen LogP contribution in [0.25, 0.3) is 10.6 Å². The van der Waals surface area contributed by atoms with E-state index in [1.165, 1.54) is 15.9 Å². The van der Waals surface area contributed by atoms with Crippen molar-refractivity contribution in [3.63, 3.8) is 0 Å². The zero-order chi connectivity index (χ0) is 19.5. The van der Waals surface area contributed by atoms with Gasteiger partial charge in [-0.2, -0.15) is 9.61 Å². The Morgan fingerprint density at radius 2 is 1.96 bits per heavy atom. The molecule has 0 aliphatic carbocycles. The van der Waals surface area contributed by atoms with Crippen LogP contribution in [0.3, 0.4) is 0 Å². The molecule has 3 heterocycles. The van der Waals surface area contributed by atoms with Crippen LogP contribution < -0.4 is 15.6 Å². The van der Waals surface area contributed by atoms with Gasteiger partial charge in [0.15, 0.2) is 0 Å². The molecule has 0 atom stereocenters. The van der Waals surface area contributed by atoms with Crippen molar-refractivity contribution in [2.75, 3.05) is 12.4 Å². The van der Waals surface area contributed by atoms with Gasteiger partial charge in [-0.1, -0.05) is 24.7 Å². The monoisotopic (exact) mass is 396 g/mol. The van der Waals surface area contributed by atoms with E-state index in [4.69, 9.17) is 4.74 Å². The van der Waals surface area contributed by atoms with Gasteiger partial charge in [0.25, 0.3) is 5.56 Å². The fraction of sp³-hybridized carbons (Fsp3) is 0.263. The third kappa shape index (κ3) is 3.74. The highest BCUT2D eigenvalue weighted by Crippen LogP contribution is 2.18. The topological polar surface area (TPSA) is 86.3 Å². The van der Waals surface area contributed by atoms with Crippen LogP contribution in [0.1, 0.15) is 24.7 Å². The maximum absolute atomic E-state index is 12.2. The number of nitrogens with zero attached hydrogens (tertiary/aromatic N) is 5. The van der Waals surface area contributed by atoms with E-state index in [2.05, 4.69) is 27.4 Å². The first kappa shape index (κ1) is 18.2. The Balaban J connectivity index is 1.48. The summed E-state index contributed by atoms with van der Waals surface area (Å²) in [5, 5.41) is 12.7. The summed E-state index contributed by atoms with van der Waals surface area (Å²) in [6, 6.07) is 11.2. The maximum Gasteiger partial charge on any atom is 0.275 e. The SMILES string of the molecule is CCCc1cc(=O)n2nc(NCc3ccn(-c4ccc(OC)cc4)n3)sc2n1.